The molecule has 0 spiro atoms. The molecule has 0 radical (unpaired) electrons. The molecule has 2 rings (SSSR count). The van der Waals surface area contributed by atoms with Gasteiger partial charge >= 0.3 is 6.18 Å². The maximum absolute atomic E-state index is 13.2. The molecule has 0 aliphatic heterocycles. The summed E-state index contributed by atoms with van der Waals surface area (Å²) in [5, 5.41) is 7.44. The number of ether oxygens (including phenoxy) is 1. The van der Waals surface area contributed by atoms with Gasteiger partial charge in [-0.1, -0.05) is 34.8 Å². The molecule has 11 heteroatoms. The minimum Gasteiger partial charge on any atom is -0.478 e. The van der Waals surface area contributed by atoms with Crippen LogP contribution in [0.5, 0.6) is 0 Å². The van der Waals surface area contributed by atoms with Crippen LogP contribution >= 0.6 is 34.8 Å². The van der Waals surface area contributed by atoms with Crippen LogP contribution in [-0.2, 0) is 22.8 Å². The zero-order chi connectivity index (χ0) is 21.2. The van der Waals surface area contributed by atoms with E-state index in [1.54, 1.807) is 13.0 Å². The van der Waals surface area contributed by atoms with Crippen molar-refractivity contribution < 1.29 is 22.7 Å². The molecular weight excluding hydrogens is 442 g/mol. The molecule has 0 bridgehead atoms. The van der Waals surface area contributed by atoms with Crippen molar-refractivity contribution in [2.75, 3.05) is 14.2 Å². The maximum Gasteiger partial charge on any atom is 0.434 e. The minimum atomic E-state index is -4.65. The minimum absolute atomic E-state index is 0.00224. The van der Waals surface area contributed by atoms with E-state index in [9.17, 15) is 13.2 Å². The van der Waals surface area contributed by atoms with Gasteiger partial charge in [-0.25, -0.2) is 0 Å². The van der Waals surface area contributed by atoms with Crippen molar-refractivity contribution in [2.24, 2.45) is 12.2 Å². The molecule has 1 aromatic heterocycles. The highest BCUT2D eigenvalue weighted by molar-refractivity contribution is 6.44. The second-order valence-electron chi connectivity index (χ2n) is 5.60. The van der Waals surface area contributed by atoms with Crippen molar-refractivity contribution in [1.29, 1.82) is 0 Å². The summed E-state index contributed by atoms with van der Waals surface area (Å²) in [7, 11) is 3.84. The van der Waals surface area contributed by atoms with Gasteiger partial charge in [0.25, 0.3) is 5.90 Å². The Labute approximate surface area is 174 Å². The Morgan fingerprint density at radius 3 is 2.39 bits per heavy atom. The van der Waals surface area contributed by atoms with Crippen LogP contribution in [0.4, 0.5) is 13.2 Å². The highest BCUT2D eigenvalue weighted by atomic mass is 35.5. The van der Waals surface area contributed by atoms with Gasteiger partial charge in [0.15, 0.2) is 5.69 Å². The topological polar surface area (TPSA) is 48.6 Å². The number of benzene rings is 1. The van der Waals surface area contributed by atoms with E-state index in [1.807, 2.05) is 0 Å². The lowest BCUT2D eigenvalue weighted by molar-refractivity contribution is -0.143. The smallest absolute Gasteiger partial charge is 0.434 e. The number of methoxy groups -OCH3 is 1. The summed E-state index contributed by atoms with van der Waals surface area (Å²) in [5.74, 6) is -0.00224. The summed E-state index contributed by atoms with van der Waals surface area (Å²) < 4.78 is 45.4. The molecule has 0 saturated carbocycles. The van der Waals surface area contributed by atoms with Crippen LogP contribution in [0.25, 0.3) is 17.3 Å². The second kappa shape index (κ2) is 8.63. The predicted octanol–water partition coefficient (Wildman–Crippen LogP) is 5.91. The molecule has 1 heterocycles. The maximum atomic E-state index is 13.2. The molecule has 0 N–H and O–H groups in total. The first-order chi connectivity index (χ1) is 13.0. The van der Waals surface area contributed by atoms with Gasteiger partial charge in [-0.3, -0.25) is 4.68 Å². The second-order valence-corrected chi connectivity index (χ2v) is 6.79. The molecule has 0 unspecified atom stereocenters. The van der Waals surface area contributed by atoms with E-state index in [0.29, 0.717) is 26.4 Å². The molecule has 5 nitrogen and oxygen atoms in total. The van der Waals surface area contributed by atoms with Crippen molar-refractivity contribution >= 4 is 46.8 Å². The number of aromatic nitrogens is 2. The molecule has 0 aliphatic rings. The summed E-state index contributed by atoms with van der Waals surface area (Å²) in [5.41, 5.74) is 0.309. The summed E-state index contributed by atoms with van der Waals surface area (Å²) in [6.45, 7) is 1.68. The average molecular weight is 457 g/mol. The van der Waals surface area contributed by atoms with Gasteiger partial charge in [0, 0.05) is 17.6 Å². The van der Waals surface area contributed by atoms with E-state index < -0.39 is 16.9 Å². The van der Waals surface area contributed by atoms with E-state index in [4.69, 9.17) is 39.5 Å². The molecule has 0 fully saturated rings. The Morgan fingerprint density at radius 1 is 1.25 bits per heavy atom. The molecule has 2 aromatic rings. The first-order valence-corrected chi connectivity index (χ1v) is 8.77. The van der Waals surface area contributed by atoms with Crippen molar-refractivity contribution in [3.05, 3.63) is 44.0 Å². The van der Waals surface area contributed by atoms with E-state index in [0.717, 1.165) is 0 Å². The average Bonchev–Trinajstić information content (AvgIpc) is 2.89. The van der Waals surface area contributed by atoms with Crippen LogP contribution < -0.4 is 0 Å². The fourth-order valence-corrected chi connectivity index (χ4v) is 3.36. The third kappa shape index (κ3) is 4.56. The fourth-order valence-electron chi connectivity index (χ4n) is 2.49. The highest BCUT2D eigenvalue weighted by Crippen LogP contribution is 2.41. The summed E-state index contributed by atoms with van der Waals surface area (Å²) in [4.78, 5) is 4.63. The van der Waals surface area contributed by atoms with Gasteiger partial charge in [-0.15, -0.1) is 0 Å². The van der Waals surface area contributed by atoms with Crippen molar-refractivity contribution in [3.63, 3.8) is 0 Å². The number of aryl methyl sites for hydroxylation is 2. The number of halogens is 6. The zero-order valence-corrected chi connectivity index (χ0v) is 17.4. The number of hydrogen-bond donors (Lipinski definition) is 0. The van der Waals surface area contributed by atoms with Crippen LogP contribution in [0.15, 0.2) is 22.3 Å². The third-order valence-electron chi connectivity index (χ3n) is 3.71. The van der Waals surface area contributed by atoms with Crippen LogP contribution in [0.2, 0.25) is 10.0 Å². The molecule has 0 amide bonds. The van der Waals surface area contributed by atoms with Crippen LogP contribution in [-0.4, -0.2) is 29.9 Å². The van der Waals surface area contributed by atoms with Crippen molar-refractivity contribution in [1.82, 2.24) is 9.78 Å². The molecule has 28 heavy (non-hydrogen) atoms. The molecule has 0 atom stereocenters. The Balaban J connectivity index is 2.64. The summed E-state index contributed by atoms with van der Waals surface area (Å²) >= 11 is 18.4. The lowest BCUT2D eigenvalue weighted by Gasteiger charge is -2.09. The number of alkyl halides is 3. The van der Waals surface area contributed by atoms with Crippen LogP contribution in [0, 0.1) is 6.92 Å². The van der Waals surface area contributed by atoms with Crippen molar-refractivity contribution in [3.8, 4) is 11.3 Å². The van der Waals surface area contributed by atoms with Crippen LogP contribution in [0.3, 0.4) is 0 Å². The van der Waals surface area contributed by atoms with E-state index in [2.05, 4.69) is 15.1 Å². The van der Waals surface area contributed by atoms with E-state index in [-0.39, 0.29) is 16.6 Å². The molecule has 1 aromatic carbocycles. The van der Waals surface area contributed by atoms with E-state index >= 15 is 0 Å². The first-order valence-electron chi connectivity index (χ1n) is 7.64. The predicted molar refractivity (Wildman–Crippen MR) is 104 cm³/mol. The highest BCUT2D eigenvalue weighted by Gasteiger charge is 2.39. The Bertz CT molecular complexity index is 953. The Morgan fingerprint density at radius 2 is 1.89 bits per heavy atom. The lowest BCUT2D eigenvalue weighted by Crippen LogP contribution is -2.12. The lowest BCUT2D eigenvalue weighted by atomic mass is 10.0. The largest absolute Gasteiger partial charge is 0.478 e. The van der Waals surface area contributed by atoms with E-state index in [1.165, 1.54) is 33.4 Å². The third-order valence-corrected chi connectivity index (χ3v) is 4.67. The molecule has 0 saturated heterocycles. The van der Waals surface area contributed by atoms with Gasteiger partial charge in [0.05, 0.1) is 12.1 Å². The number of nitrogens with zero attached hydrogens (tertiary/aromatic N) is 3. The van der Waals surface area contributed by atoms with Gasteiger partial charge < -0.3 is 9.57 Å². The van der Waals surface area contributed by atoms with Gasteiger partial charge in [0.1, 0.15) is 17.8 Å². The fraction of sp³-hybridized carbons (Fsp3) is 0.294. The molecular formula is C17H15Cl3F3N3O2. The SMILES string of the molecule is CO/N=C(OC)\C(Cl)=C/c1cc(-c2nn(C)c(C(F)(F)F)c2Cl)c(C)cc1Cl. The van der Waals surface area contributed by atoms with Crippen LogP contribution in [0.1, 0.15) is 16.8 Å². The number of rotatable bonds is 4. The van der Waals surface area contributed by atoms with Gasteiger partial charge in [0.2, 0.25) is 0 Å². The first kappa shape index (κ1) is 22.4. The summed E-state index contributed by atoms with van der Waals surface area (Å²) in [6.07, 6.45) is -3.21. The number of oxime groups is 1. The summed E-state index contributed by atoms with van der Waals surface area (Å²) in [6, 6.07) is 3.11. The quantitative estimate of drug-likeness (QED) is 0.327. The zero-order valence-electron chi connectivity index (χ0n) is 15.2. The Hall–Kier alpha value is -1.90. The monoisotopic (exact) mass is 455 g/mol. The normalized spacial score (nSPS) is 13.1. The van der Waals surface area contributed by atoms with Gasteiger partial charge in [-0.2, -0.15) is 18.3 Å². The van der Waals surface area contributed by atoms with Gasteiger partial charge in [-0.05, 0) is 41.4 Å². The Kier molecular flexibility index (Phi) is 6.90. The molecule has 152 valence electrons. The van der Waals surface area contributed by atoms with Crippen molar-refractivity contribution in [2.45, 2.75) is 13.1 Å². The number of hydrogen-bond acceptors (Lipinski definition) is 4. The molecule has 0 aliphatic carbocycles. The standard InChI is InChI=1S/C17H15Cl3F3N3O2/c1-8-5-11(18)9(7-12(19)16(27-3)25-28-4)6-10(8)14-13(20)15(17(21,22)23)26(2)24-14/h5-7H,1-4H3/b12-7+,25-16+.